The predicted octanol–water partition coefficient (Wildman–Crippen LogP) is 4.53. The Labute approximate surface area is 216 Å². The highest BCUT2D eigenvalue weighted by Crippen LogP contribution is 2.25. The fraction of sp³-hybridized carbons (Fsp3) is 0.267. The van der Waals surface area contributed by atoms with E-state index >= 15 is 0 Å². The lowest BCUT2D eigenvalue weighted by Crippen LogP contribution is -2.44. The lowest BCUT2D eigenvalue weighted by molar-refractivity contribution is 0.0950. The van der Waals surface area contributed by atoms with Crippen molar-refractivity contribution in [2.45, 2.75) is 18.9 Å². The maximum absolute atomic E-state index is 12.9. The van der Waals surface area contributed by atoms with Gasteiger partial charge in [0.05, 0.1) is 5.52 Å². The Hall–Kier alpha value is -4.10. The van der Waals surface area contributed by atoms with E-state index in [1.807, 2.05) is 79.0 Å². The molecule has 6 rings (SSSR count). The van der Waals surface area contributed by atoms with Gasteiger partial charge >= 0.3 is 0 Å². The largest absolute Gasteiger partial charge is 0.369 e. The number of piperazine rings is 1. The van der Waals surface area contributed by atoms with E-state index in [2.05, 4.69) is 32.0 Å². The molecule has 2 heterocycles. The van der Waals surface area contributed by atoms with E-state index in [0.29, 0.717) is 17.2 Å². The summed E-state index contributed by atoms with van der Waals surface area (Å²) in [6.07, 6.45) is 4.16. The van der Waals surface area contributed by atoms with E-state index in [4.69, 9.17) is 0 Å². The first-order valence-corrected chi connectivity index (χ1v) is 12.9. The SMILES string of the molecule is CN1CCN(c2ccc(C(=O)Nc3ccc4c(ccn4-c4ccc(C(=O)NC5CC5)cc4)c3)cc2)CC1. The van der Waals surface area contributed by atoms with E-state index in [9.17, 15) is 9.59 Å². The normalized spacial score (nSPS) is 16.1. The quantitative estimate of drug-likeness (QED) is 0.414. The molecule has 2 N–H and O–H groups in total. The molecule has 1 saturated heterocycles. The van der Waals surface area contributed by atoms with Crippen LogP contribution in [0.25, 0.3) is 16.6 Å². The second-order valence-electron chi connectivity index (χ2n) is 10.0. The fourth-order valence-electron chi connectivity index (χ4n) is 4.81. The summed E-state index contributed by atoms with van der Waals surface area (Å²) in [5.74, 6) is -0.135. The van der Waals surface area contributed by atoms with Gasteiger partial charge in [0, 0.05) is 72.0 Å². The predicted molar refractivity (Wildman–Crippen MR) is 148 cm³/mol. The van der Waals surface area contributed by atoms with Crippen molar-refractivity contribution >= 4 is 34.1 Å². The van der Waals surface area contributed by atoms with Crippen LogP contribution >= 0.6 is 0 Å². The molecule has 2 amide bonds. The minimum Gasteiger partial charge on any atom is -0.369 e. The van der Waals surface area contributed by atoms with Gasteiger partial charge in [-0.1, -0.05) is 0 Å². The standard InChI is InChI=1S/C30H31N5O2/c1-33-16-18-34(19-17-33)26-9-2-21(3-10-26)30(37)32-25-8-13-28-23(20-25)14-15-35(28)27-11-4-22(5-12-27)29(36)31-24-6-7-24/h2-5,8-15,20,24H,6-7,16-19H2,1H3,(H,31,36)(H,32,37). The number of benzene rings is 3. The van der Waals surface area contributed by atoms with Crippen molar-refractivity contribution in [1.82, 2.24) is 14.8 Å². The van der Waals surface area contributed by atoms with Gasteiger partial charge in [0.15, 0.2) is 0 Å². The Bertz CT molecular complexity index is 1430. The van der Waals surface area contributed by atoms with Crippen molar-refractivity contribution in [2.75, 3.05) is 43.4 Å². The number of nitrogens with zero attached hydrogens (tertiary/aromatic N) is 3. The van der Waals surface area contributed by atoms with Gasteiger partial charge in [0.2, 0.25) is 0 Å². The molecule has 188 valence electrons. The van der Waals surface area contributed by atoms with Crippen molar-refractivity contribution in [3.05, 3.63) is 90.1 Å². The van der Waals surface area contributed by atoms with E-state index in [1.54, 1.807) is 0 Å². The molecule has 0 bridgehead atoms. The van der Waals surface area contributed by atoms with Crippen LogP contribution in [0, 0.1) is 0 Å². The van der Waals surface area contributed by atoms with Gasteiger partial charge in [0.1, 0.15) is 0 Å². The first-order valence-electron chi connectivity index (χ1n) is 12.9. The van der Waals surface area contributed by atoms with Gasteiger partial charge in [0.25, 0.3) is 11.8 Å². The van der Waals surface area contributed by atoms with Crippen LogP contribution < -0.4 is 15.5 Å². The number of anilines is 2. The molecule has 3 aromatic carbocycles. The van der Waals surface area contributed by atoms with Crippen LogP contribution in [0.4, 0.5) is 11.4 Å². The van der Waals surface area contributed by atoms with Crippen LogP contribution in [-0.2, 0) is 0 Å². The summed E-state index contributed by atoms with van der Waals surface area (Å²) in [4.78, 5) is 29.9. The van der Waals surface area contributed by atoms with Crippen molar-refractivity contribution in [1.29, 1.82) is 0 Å². The fourth-order valence-corrected chi connectivity index (χ4v) is 4.81. The zero-order valence-corrected chi connectivity index (χ0v) is 21.0. The van der Waals surface area contributed by atoms with Crippen LogP contribution in [0.3, 0.4) is 0 Å². The Morgan fingerprint density at radius 1 is 0.757 bits per heavy atom. The molecular weight excluding hydrogens is 462 g/mol. The zero-order valence-electron chi connectivity index (χ0n) is 21.0. The van der Waals surface area contributed by atoms with Gasteiger partial charge in [-0.25, -0.2) is 0 Å². The van der Waals surface area contributed by atoms with E-state index in [1.165, 1.54) is 0 Å². The molecule has 2 fully saturated rings. The Morgan fingerprint density at radius 3 is 2.08 bits per heavy atom. The van der Waals surface area contributed by atoms with Crippen molar-refractivity contribution in [3.8, 4) is 5.69 Å². The van der Waals surface area contributed by atoms with Crippen LogP contribution in [0.5, 0.6) is 0 Å². The monoisotopic (exact) mass is 493 g/mol. The highest BCUT2D eigenvalue weighted by Gasteiger charge is 2.23. The number of carbonyl (C=O) groups is 2. The van der Waals surface area contributed by atoms with Crippen LogP contribution in [0.15, 0.2) is 79.0 Å². The van der Waals surface area contributed by atoms with Crippen LogP contribution in [-0.4, -0.2) is 60.5 Å². The number of carbonyl (C=O) groups excluding carboxylic acids is 2. The molecule has 2 aliphatic rings. The van der Waals surface area contributed by atoms with Crippen LogP contribution in [0.1, 0.15) is 33.6 Å². The van der Waals surface area contributed by atoms with Gasteiger partial charge in [-0.05, 0) is 92.7 Å². The average molecular weight is 494 g/mol. The summed E-state index contributed by atoms with van der Waals surface area (Å²) < 4.78 is 2.08. The number of hydrogen-bond acceptors (Lipinski definition) is 4. The van der Waals surface area contributed by atoms with Crippen molar-refractivity contribution < 1.29 is 9.59 Å². The number of amides is 2. The second-order valence-corrected chi connectivity index (χ2v) is 10.0. The highest BCUT2D eigenvalue weighted by atomic mass is 16.2. The molecule has 4 aromatic rings. The molecule has 0 spiro atoms. The summed E-state index contributed by atoms with van der Waals surface area (Å²) in [7, 11) is 2.14. The van der Waals surface area contributed by atoms with Gasteiger partial charge in [-0.2, -0.15) is 0 Å². The third-order valence-electron chi connectivity index (χ3n) is 7.27. The maximum atomic E-state index is 12.9. The topological polar surface area (TPSA) is 69.6 Å². The molecule has 1 aliphatic heterocycles. The second kappa shape index (κ2) is 9.75. The van der Waals surface area contributed by atoms with Crippen molar-refractivity contribution in [3.63, 3.8) is 0 Å². The number of fused-ring (bicyclic) bond motifs is 1. The smallest absolute Gasteiger partial charge is 0.255 e. The summed E-state index contributed by atoms with van der Waals surface area (Å²) in [6, 6.07) is 23.8. The molecule has 1 aliphatic carbocycles. The van der Waals surface area contributed by atoms with Crippen molar-refractivity contribution in [2.24, 2.45) is 0 Å². The number of likely N-dealkylation sites (N-methyl/N-ethyl adjacent to an activating group) is 1. The minimum atomic E-state index is -0.122. The summed E-state index contributed by atoms with van der Waals surface area (Å²) >= 11 is 0. The Morgan fingerprint density at radius 2 is 1.41 bits per heavy atom. The first-order chi connectivity index (χ1) is 18.0. The summed E-state index contributed by atoms with van der Waals surface area (Å²) in [5.41, 5.74) is 5.24. The molecular formula is C30H31N5O2. The molecule has 7 heteroatoms. The Kier molecular flexibility index (Phi) is 6.14. The lowest BCUT2D eigenvalue weighted by atomic mass is 10.1. The molecule has 0 radical (unpaired) electrons. The number of aromatic nitrogens is 1. The maximum Gasteiger partial charge on any atom is 0.255 e. The van der Waals surface area contributed by atoms with E-state index in [-0.39, 0.29) is 11.8 Å². The number of nitrogens with one attached hydrogen (secondary N) is 2. The van der Waals surface area contributed by atoms with Gasteiger partial charge in [-0.3, -0.25) is 9.59 Å². The lowest BCUT2D eigenvalue weighted by Gasteiger charge is -2.34. The average Bonchev–Trinajstić information content (AvgIpc) is 3.64. The number of rotatable bonds is 6. The van der Waals surface area contributed by atoms with Gasteiger partial charge in [-0.15, -0.1) is 0 Å². The molecule has 7 nitrogen and oxygen atoms in total. The third kappa shape index (κ3) is 5.08. The van der Waals surface area contributed by atoms with E-state index in [0.717, 1.165) is 67.0 Å². The molecule has 0 atom stereocenters. The third-order valence-corrected chi connectivity index (χ3v) is 7.27. The zero-order chi connectivity index (χ0) is 25.4. The Balaban J connectivity index is 1.13. The van der Waals surface area contributed by atoms with Crippen LogP contribution in [0.2, 0.25) is 0 Å². The summed E-state index contributed by atoms with van der Waals surface area (Å²) in [5, 5.41) is 7.08. The van der Waals surface area contributed by atoms with E-state index < -0.39 is 0 Å². The molecule has 37 heavy (non-hydrogen) atoms. The summed E-state index contributed by atoms with van der Waals surface area (Å²) in [6.45, 7) is 4.10. The molecule has 1 aromatic heterocycles. The minimum absolute atomic E-state index is 0.0132. The van der Waals surface area contributed by atoms with Gasteiger partial charge < -0.3 is 25.0 Å². The highest BCUT2D eigenvalue weighted by molar-refractivity contribution is 6.05. The first kappa shape index (κ1) is 23.3. The molecule has 0 unspecified atom stereocenters. The number of hydrogen-bond donors (Lipinski definition) is 2. The molecule has 1 saturated carbocycles.